The molecule has 2 aromatic heterocycles. The number of aryl methyl sites for hydroxylation is 2. The molecule has 1 N–H and O–H groups in total. The highest BCUT2D eigenvalue weighted by atomic mass is 35.5. The predicted octanol–water partition coefficient (Wildman–Crippen LogP) is 4.53. The Morgan fingerprint density at radius 2 is 1.77 bits per heavy atom. The number of anilines is 1. The third-order valence-electron chi connectivity index (χ3n) is 4.48. The van der Waals surface area contributed by atoms with Gasteiger partial charge in [-0.05, 0) is 55.8 Å². The van der Waals surface area contributed by atoms with E-state index in [0.717, 1.165) is 11.4 Å². The molecule has 0 aliphatic rings. The molecule has 2 aromatic carbocycles. The van der Waals surface area contributed by atoms with Crippen molar-refractivity contribution in [2.45, 2.75) is 18.7 Å². The second-order valence-electron chi connectivity index (χ2n) is 6.70. The summed E-state index contributed by atoms with van der Waals surface area (Å²) in [5.74, 6) is 2.26. The van der Waals surface area contributed by atoms with Crippen molar-refractivity contribution in [3.05, 3.63) is 83.7 Å². The third kappa shape index (κ3) is 4.68. The largest absolute Gasteiger partial charge is 0.439 e. The molecule has 0 fully saturated rings. The van der Waals surface area contributed by atoms with Gasteiger partial charge >= 0.3 is 0 Å². The Labute approximate surface area is 184 Å². The number of rotatable bonds is 6. The van der Waals surface area contributed by atoms with Gasteiger partial charge in [0.2, 0.25) is 5.88 Å². The van der Waals surface area contributed by atoms with Crippen molar-refractivity contribution < 1.29 is 13.2 Å². The summed E-state index contributed by atoms with van der Waals surface area (Å²) in [5, 5.41) is 0.390. The first kappa shape index (κ1) is 20.8. The SMILES string of the molecule is Cc1ccc(S(=O)(=O)Nc2ccc(Oc3cc(-n4ccnc4C)ncn3)cc2)cc1Cl. The molecule has 0 bridgehead atoms. The summed E-state index contributed by atoms with van der Waals surface area (Å²) in [5.41, 5.74) is 1.19. The van der Waals surface area contributed by atoms with Crippen molar-refractivity contribution >= 4 is 27.3 Å². The fourth-order valence-electron chi connectivity index (χ4n) is 2.80. The van der Waals surface area contributed by atoms with Crippen LogP contribution < -0.4 is 9.46 Å². The highest BCUT2D eigenvalue weighted by Crippen LogP contribution is 2.25. The average molecular weight is 456 g/mol. The molecule has 0 saturated carbocycles. The topological polar surface area (TPSA) is 99.0 Å². The van der Waals surface area contributed by atoms with Crippen LogP contribution in [0.4, 0.5) is 5.69 Å². The summed E-state index contributed by atoms with van der Waals surface area (Å²) in [6, 6.07) is 12.8. The van der Waals surface area contributed by atoms with E-state index in [1.807, 2.05) is 18.4 Å². The van der Waals surface area contributed by atoms with Crippen molar-refractivity contribution in [3.8, 4) is 17.4 Å². The van der Waals surface area contributed by atoms with Crippen molar-refractivity contribution in [1.82, 2.24) is 19.5 Å². The van der Waals surface area contributed by atoms with E-state index in [1.54, 1.807) is 48.8 Å². The Balaban J connectivity index is 1.49. The Kier molecular flexibility index (Phi) is 5.62. The number of nitrogens with zero attached hydrogens (tertiary/aromatic N) is 4. The second-order valence-corrected chi connectivity index (χ2v) is 8.79. The van der Waals surface area contributed by atoms with E-state index in [9.17, 15) is 8.42 Å². The number of benzene rings is 2. The van der Waals surface area contributed by atoms with Crippen LogP contribution in [0.5, 0.6) is 11.6 Å². The minimum absolute atomic E-state index is 0.0896. The maximum absolute atomic E-state index is 12.6. The lowest BCUT2D eigenvalue weighted by Crippen LogP contribution is -2.12. The lowest BCUT2D eigenvalue weighted by molar-refractivity contribution is 0.461. The first-order valence-electron chi connectivity index (χ1n) is 9.21. The first-order valence-corrected chi connectivity index (χ1v) is 11.1. The quantitative estimate of drug-likeness (QED) is 0.458. The van der Waals surface area contributed by atoms with Gasteiger partial charge in [0.05, 0.1) is 4.90 Å². The molecule has 0 unspecified atom stereocenters. The minimum Gasteiger partial charge on any atom is -0.439 e. The van der Waals surface area contributed by atoms with E-state index in [2.05, 4.69) is 19.7 Å². The smallest absolute Gasteiger partial charge is 0.261 e. The van der Waals surface area contributed by atoms with Crippen LogP contribution in [0.3, 0.4) is 0 Å². The highest BCUT2D eigenvalue weighted by Gasteiger charge is 2.15. The molecular weight excluding hydrogens is 438 g/mol. The Hall–Kier alpha value is -3.43. The van der Waals surface area contributed by atoms with Crippen LogP contribution in [0.25, 0.3) is 5.82 Å². The van der Waals surface area contributed by atoms with Crippen LogP contribution in [0.1, 0.15) is 11.4 Å². The highest BCUT2D eigenvalue weighted by molar-refractivity contribution is 7.92. The maximum Gasteiger partial charge on any atom is 0.261 e. The van der Waals surface area contributed by atoms with Gasteiger partial charge in [-0.1, -0.05) is 17.7 Å². The van der Waals surface area contributed by atoms with Gasteiger partial charge in [-0.2, -0.15) is 0 Å². The van der Waals surface area contributed by atoms with Crippen LogP contribution in [0.15, 0.2) is 72.1 Å². The first-order chi connectivity index (χ1) is 14.8. The molecule has 10 heteroatoms. The zero-order chi connectivity index (χ0) is 22.0. The van der Waals surface area contributed by atoms with Crippen LogP contribution >= 0.6 is 11.6 Å². The molecule has 0 amide bonds. The third-order valence-corrected chi connectivity index (χ3v) is 6.27. The van der Waals surface area contributed by atoms with Gasteiger partial charge in [-0.15, -0.1) is 0 Å². The van der Waals surface area contributed by atoms with Crippen LogP contribution in [0, 0.1) is 13.8 Å². The Morgan fingerprint density at radius 3 is 2.45 bits per heavy atom. The Bertz CT molecular complexity index is 1340. The van der Waals surface area contributed by atoms with E-state index >= 15 is 0 Å². The average Bonchev–Trinajstić information content (AvgIpc) is 3.17. The molecule has 2 heterocycles. The summed E-state index contributed by atoms with van der Waals surface area (Å²) in [4.78, 5) is 12.6. The van der Waals surface area contributed by atoms with Gasteiger partial charge in [-0.3, -0.25) is 9.29 Å². The van der Waals surface area contributed by atoms with E-state index in [-0.39, 0.29) is 4.90 Å². The van der Waals surface area contributed by atoms with Gasteiger partial charge < -0.3 is 4.74 Å². The van der Waals surface area contributed by atoms with E-state index in [1.165, 1.54) is 18.5 Å². The summed E-state index contributed by atoms with van der Waals surface area (Å²) >= 11 is 6.05. The number of aromatic nitrogens is 4. The molecule has 0 aliphatic heterocycles. The molecule has 4 rings (SSSR count). The zero-order valence-corrected chi connectivity index (χ0v) is 18.2. The van der Waals surface area contributed by atoms with Crippen molar-refractivity contribution in [1.29, 1.82) is 0 Å². The monoisotopic (exact) mass is 455 g/mol. The zero-order valence-electron chi connectivity index (χ0n) is 16.7. The van der Waals surface area contributed by atoms with Gasteiger partial charge in [0.15, 0.2) is 0 Å². The number of imidazole rings is 1. The number of sulfonamides is 1. The van der Waals surface area contributed by atoms with Crippen molar-refractivity contribution in [2.75, 3.05) is 4.72 Å². The summed E-state index contributed by atoms with van der Waals surface area (Å²) in [7, 11) is -3.76. The van der Waals surface area contributed by atoms with Crippen molar-refractivity contribution in [3.63, 3.8) is 0 Å². The lowest BCUT2D eigenvalue weighted by Gasteiger charge is -2.11. The van der Waals surface area contributed by atoms with Crippen LogP contribution in [-0.4, -0.2) is 27.9 Å². The van der Waals surface area contributed by atoms with Gasteiger partial charge in [0.1, 0.15) is 23.7 Å². The van der Waals surface area contributed by atoms with Gasteiger partial charge in [-0.25, -0.2) is 23.4 Å². The molecule has 4 aromatic rings. The predicted molar refractivity (Wildman–Crippen MR) is 117 cm³/mol. The second kappa shape index (κ2) is 8.37. The fraction of sp³-hybridized carbons (Fsp3) is 0.0952. The van der Waals surface area contributed by atoms with E-state index < -0.39 is 10.0 Å². The van der Waals surface area contributed by atoms with E-state index in [4.69, 9.17) is 16.3 Å². The number of nitrogens with one attached hydrogen (secondary N) is 1. The normalized spacial score (nSPS) is 11.3. The van der Waals surface area contributed by atoms with E-state index in [0.29, 0.717) is 28.2 Å². The summed E-state index contributed by atoms with van der Waals surface area (Å²) in [6.45, 7) is 3.68. The molecule has 0 radical (unpaired) electrons. The standard InChI is InChI=1S/C21H18ClN5O3S/c1-14-3-8-18(11-19(14)22)31(28,29)26-16-4-6-17(7-5-16)30-21-12-20(24-13-25-21)27-10-9-23-15(27)2/h3-13,26H,1-2H3. The van der Waals surface area contributed by atoms with Gasteiger partial charge in [0, 0.05) is 29.2 Å². The number of halogens is 1. The summed E-state index contributed by atoms with van der Waals surface area (Å²) in [6.07, 6.45) is 4.88. The summed E-state index contributed by atoms with van der Waals surface area (Å²) < 4.78 is 35.3. The molecule has 0 atom stereocenters. The van der Waals surface area contributed by atoms with Crippen LogP contribution in [-0.2, 0) is 10.0 Å². The molecule has 158 valence electrons. The molecule has 0 aliphatic carbocycles. The maximum atomic E-state index is 12.6. The number of hydrogen-bond acceptors (Lipinski definition) is 6. The molecule has 0 saturated heterocycles. The van der Waals surface area contributed by atoms with Gasteiger partial charge in [0.25, 0.3) is 10.0 Å². The van der Waals surface area contributed by atoms with Crippen molar-refractivity contribution in [2.24, 2.45) is 0 Å². The number of ether oxygens (including phenoxy) is 1. The molecular formula is C21H18ClN5O3S. The fourth-order valence-corrected chi connectivity index (χ4v) is 4.13. The number of hydrogen-bond donors (Lipinski definition) is 1. The Morgan fingerprint density at radius 1 is 1.00 bits per heavy atom. The van der Waals surface area contributed by atoms with Crippen LogP contribution in [0.2, 0.25) is 5.02 Å². The molecule has 0 spiro atoms. The molecule has 8 nitrogen and oxygen atoms in total. The lowest BCUT2D eigenvalue weighted by atomic mass is 10.2. The minimum atomic E-state index is -3.76. The molecule has 31 heavy (non-hydrogen) atoms.